The van der Waals surface area contributed by atoms with Gasteiger partial charge in [-0.3, -0.25) is 19.2 Å². The summed E-state index contributed by atoms with van der Waals surface area (Å²) in [5.41, 5.74) is 1.83. The third-order valence-corrected chi connectivity index (χ3v) is 8.98. The SMILES string of the molecule is COc1ccc(N2C(=O)C[C@@H](Sc3cccc(NC(=O)/C(=C/c4ccc(OC)c(Br)c4)NC(=O)c4ccccc4)c3)C2=O)cc1Cl. The van der Waals surface area contributed by atoms with E-state index in [9.17, 15) is 19.2 Å². The van der Waals surface area contributed by atoms with Crippen molar-refractivity contribution in [1.29, 1.82) is 0 Å². The zero-order chi connectivity index (χ0) is 32.8. The molecule has 234 valence electrons. The topological polar surface area (TPSA) is 114 Å². The lowest BCUT2D eigenvalue weighted by Gasteiger charge is -2.16. The number of hydrogen-bond acceptors (Lipinski definition) is 7. The molecule has 12 heteroatoms. The third kappa shape index (κ3) is 7.61. The fraction of sp³-hybridized carbons (Fsp3) is 0.118. The minimum atomic E-state index is -0.673. The van der Waals surface area contributed by atoms with Gasteiger partial charge in [0.15, 0.2) is 0 Å². The minimum absolute atomic E-state index is 0.000437. The molecule has 0 spiro atoms. The second-order valence-electron chi connectivity index (χ2n) is 9.95. The number of ether oxygens (including phenoxy) is 2. The van der Waals surface area contributed by atoms with Crippen LogP contribution in [0.2, 0.25) is 5.02 Å². The first-order valence-electron chi connectivity index (χ1n) is 13.9. The monoisotopic (exact) mass is 719 g/mol. The highest BCUT2D eigenvalue weighted by atomic mass is 79.9. The molecule has 1 aliphatic heterocycles. The van der Waals surface area contributed by atoms with Crippen LogP contribution < -0.4 is 25.0 Å². The summed E-state index contributed by atoms with van der Waals surface area (Å²) in [6.07, 6.45) is 1.56. The van der Waals surface area contributed by atoms with Crippen molar-refractivity contribution in [3.05, 3.63) is 117 Å². The summed E-state index contributed by atoms with van der Waals surface area (Å²) in [6.45, 7) is 0. The van der Waals surface area contributed by atoms with Gasteiger partial charge in [0.1, 0.15) is 17.2 Å². The molecule has 1 aliphatic rings. The van der Waals surface area contributed by atoms with Crippen molar-refractivity contribution in [2.24, 2.45) is 0 Å². The highest BCUT2D eigenvalue weighted by molar-refractivity contribution is 9.10. The molecule has 1 heterocycles. The fourth-order valence-electron chi connectivity index (χ4n) is 4.65. The predicted octanol–water partition coefficient (Wildman–Crippen LogP) is 6.95. The number of thioether (sulfide) groups is 1. The van der Waals surface area contributed by atoms with Crippen LogP contribution in [0.4, 0.5) is 11.4 Å². The summed E-state index contributed by atoms with van der Waals surface area (Å²) in [5, 5.41) is 5.16. The summed E-state index contributed by atoms with van der Waals surface area (Å²) in [6, 6.07) is 25.4. The van der Waals surface area contributed by atoms with Crippen LogP contribution in [0.5, 0.6) is 11.5 Å². The Bertz CT molecular complexity index is 1850. The van der Waals surface area contributed by atoms with Gasteiger partial charge < -0.3 is 20.1 Å². The van der Waals surface area contributed by atoms with Crippen molar-refractivity contribution >= 4 is 80.4 Å². The average Bonchev–Trinajstić information content (AvgIpc) is 3.32. The predicted molar refractivity (Wildman–Crippen MR) is 182 cm³/mol. The first-order valence-corrected chi connectivity index (χ1v) is 15.9. The maximum atomic E-state index is 13.6. The third-order valence-electron chi connectivity index (χ3n) is 6.88. The van der Waals surface area contributed by atoms with Gasteiger partial charge in [-0.1, -0.05) is 41.9 Å². The molecule has 9 nitrogen and oxygen atoms in total. The number of hydrogen-bond donors (Lipinski definition) is 2. The first kappa shape index (κ1) is 32.8. The molecular weight excluding hydrogens is 694 g/mol. The Kier molecular flexibility index (Phi) is 10.5. The molecule has 0 aliphatic carbocycles. The molecule has 2 N–H and O–H groups in total. The van der Waals surface area contributed by atoms with Gasteiger partial charge in [0.2, 0.25) is 11.8 Å². The standard InChI is InChI=1S/C34H27BrClN3O6S/c1-44-28-13-11-20(15-25(28)35)16-27(38-32(41)21-7-4-3-5-8-21)33(42)37-22-9-6-10-24(17-22)46-30-19-31(40)39(34(30)43)23-12-14-29(45-2)26(36)18-23/h3-18,30H,19H2,1-2H3,(H,37,42)(H,38,41)/b27-16-/t30-/m1/s1. The zero-order valence-electron chi connectivity index (χ0n) is 24.6. The number of carbonyl (C=O) groups is 4. The van der Waals surface area contributed by atoms with E-state index < -0.39 is 17.1 Å². The van der Waals surface area contributed by atoms with Crippen LogP contribution in [-0.4, -0.2) is 43.1 Å². The molecule has 0 saturated carbocycles. The van der Waals surface area contributed by atoms with Crippen LogP contribution in [0, 0.1) is 0 Å². The Morgan fingerprint density at radius 2 is 1.67 bits per heavy atom. The van der Waals surface area contributed by atoms with Crippen LogP contribution in [0.25, 0.3) is 6.08 Å². The number of nitrogens with one attached hydrogen (secondary N) is 2. The van der Waals surface area contributed by atoms with Gasteiger partial charge in [-0.25, -0.2) is 4.90 Å². The minimum Gasteiger partial charge on any atom is -0.496 e. The highest BCUT2D eigenvalue weighted by Gasteiger charge is 2.40. The Hall–Kier alpha value is -4.58. The number of carbonyl (C=O) groups excluding carboxylic acids is 4. The molecule has 1 fully saturated rings. The van der Waals surface area contributed by atoms with Crippen molar-refractivity contribution in [2.75, 3.05) is 24.4 Å². The molecule has 1 atom stereocenters. The molecular formula is C34H27BrClN3O6S. The Morgan fingerprint density at radius 3 is 2.37 bits per heavy atom. The van der Waals surface area contributed by atoms with E-state index in [1.807, 2.05) is 0 Å². The highest BCUT2D eigenvalue weighted by Crippen LogP contribution is 2.37. The van der Waals surface area contributed by atoms with Gasteiger partial charge in [0.25, 0.3) is 11.8 Å². The van der Waals surface area contributed by atoms with Gasteiger partial charge in [-0.05, 0) is 88.2 Å². The lowest BCUT2D eigenvalue weighted by molar-refractivity contribution is -0.121. The van der Waals surface area contributed by atoms with Crippen molar-refractivity contribution in [3.63, 3.8) is 0 Å². The lowest BCUT2D eigenvalue weighted by Crippen LogP contribution is -2.31. The molecule has 5 rings (SSSR count). The van der Waals surface area contributed by atoms with Crippen LogP contribution in [0.15, 0.2) is 106 Å². The number of imide groups is 1. The molecule has 0 aromatic heterocycles. The molecule has 4 aromatic carbocycles. The number of benzene rings is 4. The molecule has 0 radical (unpaired) electrons. The maximum absolute atomic E-state index is 13.6. The molecule has 0 unspecified atom stereocenters. The van der Waals surface area contributed by atoms with E-state index in [-0.39, 0.29) is 29.0 Å². The normalized spacial score (nSPS) is 14.7. The molecule has 0 bridgehead atoms. The van der Waals surface area contributed by atoms with E-state index in [0.29, 0.717) is 43.4 Å². The summed E-state index contributed by atoms with van der Waals surface area (Å²) < 4.78 is 11.1. The van der Waals surface area contributed by atoms with Crippen molar-refractivity contribution in [1.82, 2.24) is 5.32 Å². The first-order chi connectivity index (χ1) is 22.2. The van der Waals surface area contributed by atoms with E-state index in [1.54, 1.807) is 98.1 Å². The molecule has 1 saturated heterocycles. The average molecular weight is 721 g/mol. The number of halogens is 2. The number of rotatable bonds is 10. The van der Waals surface area contributed by atoms with Gasteiger partial charge in [-0.15, -0.1) is 11.8 Å². The van der Waals surface area contributed by atoms with Crippen molar-refractivity contribution in [2.45, 2.75) is 16.6 Å². The number of methoxy groups -OCH3 is 2. The Labute approximate surface area is 283 Å². The van der Waals surface area contributed by atoms with Gasteiger partial charge >= 0.3 is 0 Å². The van der Waals surface area contributed by atoms with Crippen LogP contribution in [-0.2, 0) is 14.4 Å². The molecule has 46 heavy (non-hydrogen) atoms. The summed E-state index contributed by atoms with van der Waals surface area (Å²) in [7, 11) is 3.03. The van der Waals surface area contributed by atoms with Crippen LogP contribution in [0.1, 0.15) is 22.3 Å². The lowest BCUT2D eigenvalue weighted by atomic mass is 10.1. The van der Waals surface area contributed by atoms with E-state index in [4.69, 9.17) is 21.1 Å². The van der Waals surface area contributed by atoms with E-state index in [0.717, 1.165) is 4.90 Å². The number of anilines is 2. The van der Waals surface area contributed by atoms with E-state index in [1.165, 1.54) is 24.9 Å². The van der Waals surface area contributed by atoms with Gasteiger partial charge in [0.05, 0.1) is 34.7 Å². The smallest absolute Gasteiger partial charge is 0.272 e. The maximum Gasteiger partial charge on any atom is 0.272 e. The van der Waals surface area contributed by atoms with Crippen LogP contribution >= 0.6 is 39.3 Å². The Morgan fingerprint density at radius 1 is 0.935 bits per heavy atom. The molecule has 4 aromatic rings. The number of amides is 4. The van der Waals surface area contributed by atoms with E-state index >= 15 is 0 Å². The molecule has 4 amide bonds. The number of nitrogens with zero attached hydrogens (tertiary/aromatic N) is 1. The quantitative estimate of drug-likeness (QED) is 0.135. The van der Waals surface area contributed by atoms with Crippen LogP contribution in [0.3, 0.4) is 0 Å². The zero-order valence-corrected chi connectivity index (χ0v) is 27.7. The van der Waals surface area contributed by atoms with Crippen molar-refractivity contribution < 1.29 is 28.7 Å². The largest absolute Gasteiger partial charge is 0.496 e. The van der Waals surface area contributed by atoms with Gasteiger partial charge in [0, 0.05) is 22.6 Å². The summed E-state index contributed by atoms with van der Waals surface area (Å²) >= 11 is 10.9. The second kappa shape index (κ2) is 14.7. The second-order valence-corrected chi connectivity index (χ2v) is 12.5. The Balaban J connectivity index is 1.34. The summed E-state index contributed by atoms with van der Waals surface area (Å²) in [4.78, 5) is 54.5. The van der Waals surface area contributed by atoms with Gasteiger partial charge in [-0.2, -0.15) is 0 Å². The van der Waals surface area contributed by atoms with E-state index in [2.05, 4.69) is 26.6 Å². The summed E-state index contributed by atoms with van der Waals surface area (Å²) in [5.74, 6) is -0.681. The van der Waals surface area contributed by atoms with Crippen molar-refractivity contribution in [3.8, 4) is 11.5 Å². The fourth-order valence-corrected chi connectivity index (χ4v) is 6.58.